The molecule has 6 heteroatoms. The lowest BCUT2D eigenvalue weighted by molar-refractivity contribution is -0.112. The van der Waals surface area contributed by atoms with Crippen LogP contribution in [0.5, 0.6) is 11.5 Å². The van der Waals surface area contributed by atoms with Crippen LogP contribution in [0.25, 0.3) is 6.08 Å². The van der Waals surface area contributed by atoms with E-state index in [0.717, 1.165) is 16.1 Å². The Morgan fingerprint density at radius 3 is 2.66 bits per heavy atom. The number of benzene rings is 3. The van der Waals surface area contributed by atoms with E-state index >= 15 is 0 Å². The Kier molecular flexibility index (Phi) is 5.53. The van der Waals surface area contributed by atoms with Crippen molar-refractivity contribution in [3.63, 3.8) is 0 Å². The summed E-state index contributed by atoms with van der Waals surface area (Å²) in [5, 5.41) is 2.89. The molecule has 0 saturated heterocycles. The first-order chi connectivity index (χ1) is 14.1. The van der Waals surface area contributed by atoms with Crippen molar-refractivity contribution in [3.8, 4) is 11.5 Å². The van der Waals surface area contributed by atoms with E-state index in [1.54, 1.807) is 43.5 Å². The molecule has 0 aliphatic carbocycles. The summed E-state index contributed by atoms with van der Waals surface area (Å²) in [4.78, 5) is 14.0. The second kappa shape index (κ2) is 8.41. The molecule has 0 saturated carbocycles. The van der Waals surface area contributed by atoms with Crippen LogP contribution in [0, 0.1) is 5.82 Å². The maximum Gasteiger partial charge on any atom is 0.262 e. The first kappa shape index (κ1) is 19.1. The van der Waals surface area contributed by atoms with E-state index in [2.05, 4.69) is 5.32 Å². The third kappa shape index (κ3) is 4.27. The number of para-hydroxylation sites is 1. The summed E-state index contributed by atoms with van der Waals surface area (Å²) in [6, 6.07) is 19.5. The van der Waals surface area contributed by atoms with Gasteiger partial charge in [0.25, 0.3) is 5.91 Å². The quantitative estimate of drug-likeness (QED) is 0.568. The number of fused-ring (bicyclic) bond motifs is 1. The van der Waals surface area contributed by atoms with Crippen LogP contribution in [-0.2, 0) is 11.4 Å². The van der Waals surface area contributed by atoms with Crippen molar-refractivity contribution >= 4 is 29.4 Å². The zero-order valence-corrected chi connectivity index (χ0v) is 16.5. The standard InChI is InChI=1S/C23H18FNO3S/c1-27-20-12-15(10-11-19(20)28-14-16-6-2-3-7-17(16)24)13-22-23(26)25-18-8-4-5-9-21(18)29-22/h2-13H,14H2,1H3,(H,25,26)/b22-13-. The van der Waals surface area contributed by atoms with Crippen molar-refractivity contribution in [1.29, 1.82) is 0 Å². The van der Waals surface area contributed by atoms with E-state index in [1.807, 2.05) is 30.3 Å². The van der Waals surface area contributed by atoms with Gasteiger partial charge in [-0.25, -0.2) is 4.39 Å². The molecule has 146 valence electrons. The van der Waals surface area contributed by atoms with Gasteiger partial charge in [0, 0.05) is 10.5 Å². The first-order valence-electron chi connectivity index (χ1n) is 8.98. The van der Waals surface area contributed by atoms with Gasteiger partial charge < -0.3 is 14.8 Å². The molecule has 1 N–H and O–H groups in total. The molecule has 1 aliphatic rings. The minimum absolute atomic E-state index is 0.0957. The Balaban J connectivity index is 1.54. The van der Waals surface area contributed by atoms with Crippen LogP contribution in [0.2, 0.25) is 0 Å². The molecule has 0 fully saturated rings. The number of ether oxygens (including phenoxy) is 2. The molecule has 0 unspecified atom stereocenters. The molecule has 0 spiro atoms. The van der Waals surface area contributed by atoms with E-state index in [0.29, 0.717) is 22.0 Å². The van der Waals surface area contributed by atoms with Gasteiger partial charge >= 0.3 is 0 Å². The SMILES string of the molecule is COc1cc(/C=C2\Sc3ccccc3NC2=O)ccc1OCc1ccccc1F. The lowest BCUT2D eigenvalue weighted by Crippen LogP contribution is -2.17. The van der Waals surface area contributed by atoms with E-state index in [-0.39, 0.29) is 18.3 Å². The average Bonchev–Trinajstić information content (AvgIpc) is 2.74. The smallest absolute Gasteiger partial charge is 0.262 e. The molecular formula is C23H18FNO3S. The maximum absolute atomic E-state index is 13.8. The Bertz CT molecular complexity index is 1100. The van der Waals surface area contributed by atoms with Gasteiger partial charge in [0.15, 0.2) is 11.5 Å². The highest BCUT2D eigenvalue weighted by Gasteiger charge is 2.20. The second-order valence-corrected chi connectivity index (χ2v) is 7.44. The van der Waals surface area contributed by atoms with Gasteiger partial charge in [-0.05, 0) is 42.0 Å². The van der Waals surface area contributed by atoms with Crippen LogP contribution in [0.4, 0.5) is 10.1 Å². The summed E-state index contributed by atoms with van der Waals surface area (Å²) >= 11 is 1.42. The van der Waals surface area contributed by atoms with Crippen molar-refractivity contribution in [2.45, 2.75) is 11.5 Å². The molecule has 0 radical (unpaired) electrons. The second-order valence-electron chi connectivity index (χ2n) is 6.35. The molecule has 29 heavy (non-hydrogen) atoms. The minimum Gasteiger partial charge on any atom is -0.493 e. The molecule has 0 bridgehead atoms. The van der Waals surface area contributed by atoms with Crippen molar-refractivity contribution in [1.82, 2.24) is 0 Å². The fourth-order valence-electron chi connectivity index (χ4n) is 2.92. The Morgan fingerprint density at radius 2 is 1.83 bits per heavy atom. The topological polar surface area (TPSA) is 47.6 Å². The summed E-state index contributed by atoms with van der Waals surface area (Å²) < 4.78 is 24.9. The van der Waals surface area contributed by atoms with E-state index in [1.165, 1.54) is 17.8 Å². The van der Waals surface area contributed by atoms with Gasteiger partial charge in [0.2, 0.25) is 0 Å². The molecule has 1 aliphatic heterocycles. The number of thioether (sulfide) groups is 1. The van der Waals surface area contributed by atoms with Crippen LogP contribution >= 0.6 is 11.8 Å². The summed E-state index contributed by atoms with van der Waals surface area (Å²) in [5.41, 5.74) is 2.08. The highest BCUT2D eigenvalue weighted by Crippen LogP contribution is 2.39. The zero-order chi connectivity index (χ0) is 20.2. The minimum atomic E-state index is -0.312. The molecule has 4 nitrogen and oxygen atoms in total. The Morgan fingerprint density at radius 1 is 1.03 bits per heavy atom. The average molecular weight is 407 g/mol. The lowest BCUT2D eigenvalue weighted by atomic mass is 10.1. The number of nitrogens with one attached hydrogen (secondary N) is 1. The fourth-order valence-corrected chi connectivity index (χ4v) is 3.87. The van der Waals surface area contributed by atoms with Crippen molar-refractivity contribution in [3.05, 3.63) is 88.6 Å². The molecule has 0 atom stereocenters. The number of hydrogen-bond donors (Lipinski definition) is 1. The summed E-state index contributed by atoms with van der Waals surface area (Å²) in [7, 11) is 1.54. The number of methoxy groups -OCH3 is 1. The number of carbonyl (C=O) groups is 1. The summed E-state index contributed by atoms with van der Waals surface area (Å²) in [6.07, 6.45) is 1.80. The number of rotatable bonds is 5. The van der Waals surface area contributed by atoms with Crippen LogP contribution in [-0.4, -0.2) is 13.0 Å². The number of hydrogen-bond acceptors (Lipinski definition) is 4. The van der Waals surface area contributed by atoms with Gasteiger partial charge in [0.05, 0.1) is 17.7 Å². The highest BCUT2D eigenvalue weighted by molar-refractivity contribution is 8.04. The van der Waals surface area contributed by atoms with Gasteiger partial charge in [-0.1, -0.05) is 48.2 Å². The van der Waals surface area contributed by atoms with Gasteiger partial charge in [-0.3, -0.25) is 4.79 Å². The van der Waals surface area contributed by atoms with Crippen LogP contribution in [0.15, 0.2) is 76.5 Å². The summed E-state index contributed by atoms with van der Waals surface area (Å²) in [5.74, 6) is 0.558. The third-order valence-electron chi connectivity index (χ3n) is 4.41. The van der Waals surface area contributed by atoms with E-state index in [4.69, 9.17) is 9.47 Å². The molecule has 0 aromatic heterocycles. The van der Waals surface area contributed by atoms with Gasteiger partial charge in [0.1, 0.15) is 12.4 Å². The predicted octanol–water partition coefficient (Wildman–Crippen LogP) is 5.50. The fraction of sp³-hybridized carbons (Fsp3) is 0.0870. The first-order valence-corrected chi connectivity index (χ1v) is 9.80. The van der Waals surface area contributed by atoms with Crippen LogP contribution in [0.3, 0.4) is 0 Å². The molecule has 4 rings (SSSR count). The highest BCUT2D eigenvalue weighted by atomic mass is 32.2. The molecule has 1 amide bonds. The monoisotopic (exact) mass is 407 g/mol. The predicted molar refractivity (Wildman–Crippen MR) is 113 cm³/mol. The normalized spacial score (nSPS) is 14.3. The maximum atomic E-state index is 13.8. The molecule has 1 heterocycles. The van der Waals surface area contributed by atoms with Gasteiger partial charge in [-0.2, -0.15) is 0 Å². The van der Waals surface area contributed by atoms with E-state index in [9.17, 15) is 9.18 Å². The Labute approximate surface area is 172 Å². The third-order valence-corrected chi connectivity index (χ3v) is 5.50. The largest absolute Gasteiger partial charge is 0.493 e. The van der Waals surface area contributed by atoms with Crippen LogP contribution < -0.4 is 14.8 Å². The van der Waals surface area contributed by atoms with Crippen molar-refractivity contribution in [2.75, 3.05) is 12.4 Å². The van der Waals surface area contributed by atoms with Crippen molar-refractivity contribution < 1.29 is 18.7 Å². The number of halogens is 1. The Hall–Kier alpha value is -3.25. The molecule has 3 aromatic rings. The van der Waals surface area contributed by atoms with E-state index < -0.39 is 0 Å². The number of amides is 1. The lowest BCUT2D eigenvalue weighted by Gasteiger charge is -2.18. The molecule has 3 aromatic carbocycles. The zero-order valence-electron chi connectivity index (χ0n) is 15.6. The number of carbonyl (C=O) groups excluding carboxylic acids is 1. The molecular weight excluding hydrogens is 389 g/mol. The summed E-state index contributed by atoms with van der Waals surface area (Å²) in [6.45, 7) is 0.0957. The van der Waals surface area contributed by atoms with Crippen LogP contribution in [0.1, 0.15) is 11.1 Å². The number of anilines is 1. The van der Waals surface area contributed by atoms with Gasteiger partial charge in [-0.15, -0.1) is 0 Å². The van der Waals surface area contributed by atoms with Crippen molar-refractivity contribution in [2.24, 2.45) is 0 Å².